The molecule has 0 aromatic heterocycles. The van der Waals surface area contributed by atoms with E-state index in [-0.39, 0.29) is 6.42 Å². The molecule has 0 bridgehead atoms. The molecule has 4 aromatic carbocycles. The molecule has 0 aliphatic heterocycles. The molecule has 1 atom stereocenters. The van der Waals surface area contributed by atoms with Crippen LogP contribution in [-0.2, 0) is 16.0 Å². The summed E-state index contributed by atoms with van der Waals surface area (Å²) in [6.45, 7) is 0. The maximum atomic E-state index is 12.5. The van der Waals surface area contributed by atoms with Crippen molar-refractivity contribution in [1.29, 1.82) is 0 Å². The fraction of sp³-hybridized carbons (Fsp3) is 0.0769. The number of hydrogen-bond acceptors (Lipinski definition) is 2. The molecule has 0 heterocycles. The molecule has 1 amide bonds. The summed E-state index contributed by atoms with van der Waals surface area (Å²) >= 11 is 0. The van der Waals surface area contributed by atoms with Crippen molar-refractivity contribution >= 4 is 39.5 Å². The fourth-order valence-corrected chi connectivity index (χ4v) is 3.66. The molecule has 0 saturated carbocycles. The van der Waals surface area contributed by atoms with E-state index < -0.39 is 17.9 Å². The lowest BCUT2D eigenvalue weighted by Gasteiger charge is -2.13. The van der Waals surface area contributed by atoms with Crippen molar-refractivity contribution in [2.45, 2.75) is 12.5 Å². The van der Waals surface area contributed by atoms with Crippen molar-refractivity contribution in [2.75, 3.05) is 0 Å². The average molecular weight is 395 g/mol. The van der Waals surface area contributed by atoms with Gasteiger partial charge in [-0.25, -0.2) is 4.79 Å². The largest absolute Gasteiger partial charge is 0.480 e. The number of fused-ring (bicyclic) bond motifs is 2. The first-order valence-corrected chi connectivity index (χ1v) is 9.77. The molecule has 4 rings (SSSR count). The number of carbonyl (C=O) groups excluding carboxylic acids is 1. The van der Waals surface area contributed by atoms with Gasteiger partial charge in [-0.2, -0.15) is 0 Å². The second-order valence-electron chi connectivity index (χ2n) is 7.15. The minimum atomic E-state index is -1.06. The van der Waals surface area contributed by atoms with Crippen LogP contribution in [0, 0.1) is 0 Å². The molecule has 0 aliphatic rings. The van der Waals surface area contributed by atoms with Gasteiger partial charge in [0.25, 0.3) is 0 Å². The van der Waals surface area contributed by atoms with E-state index in [1.165, 1.54) is 6.08 Å². The van der Waals surface area contributed by atoms with Crippen LogP contribution >= 0.6 is 0 Å². The zero-order valence-electron chi connectivity index (χ0n) is 16.3. The number of benzene rings is 4. The van der Waals surface area contributed by atoms with Crippen molar-refractivity contribution in [3.63, 3.8) is 0 Å². The summed E-state index contributed by atoms with van der Waals surface area (Å²) in [5, 5.41) is 16.4. The third-order valence-corrected chi connectivity index (χ3v) is 5.11. The van der Waals surface area contributed by atoms with Crippen molar-refractivity contribution in [1.82, 2.24) is 5.32 Å². The molecule has 0 fully saturated rings. The molecule has 0 saturated heterocycles. The summed E-state index contributed by atoms with van der Waals surface area (Å²) in [5.41, 5.74) is 1.79. The first kappa shape index (κ1) is 19.4. The van der Waals surface area contributed by atoms with Crippen LogP contribution in [0.4, 0.5) is 0 Å². The highest BCUT2D eigenvalue weighted by atomic mass is 16.4. The number of carboxylic acids is 1. The van der Waals surface area contributed by atoms with Crippen molar-refractivity contribution in [3.05, 3.63) is 102 Å². The summed E-state index contributed by atoms with van der Waals surface area (Å²) < 4.78 is 0. The zero-order chi connectivity index (χ0) is 20.9. The molecule has 0 radical (unpaired) electrons. The SMILES string of the molecule is O=C(/C=C/c1c2ccccc2cc2ccccc12)NC(Cc1ccccc1)C(=O)O. The Labute approximate surface area is 174 Å². The van der Waals surface area contributed by atoms with E-state index in [0.717, 1.165) is 32.7 Å². The van der Waals surface area contributed by atoms with E-state index in [0.29, 0.717) is 0 Å². The lowest BCUT2D eigenvalue weighted by atomic mass is 9.96. The van der Waals surface area contributed by atoms with Crippen molar-refractivity contribution in [3.8, 4) is 0 Å². The third-order valence-electron chi connectivity index (χ3n) is 5.11. The van der Waals surface area contributed by atoms with Crippen LogP contribution in [0.5, 0.6) is 0 Å². The smallest absolute Gasteiger partial charge is 0.326 e. The maximum absolute atomic E-state index is 12.5. The Bertz CT molecular complexity index is 1190. The number of rotatable bonds is 6. The number of carbonyl (C=O) groups is 2. The lowest BCUT2D eigenvalue weighted by molar-refractivity contribution is -0.141. The van der Waals surface area contributed by atoms with E-state index in [1.807, 2.05) is 78.9 Å². The molecular weight excluding hydrogens is 374 g/mol. The van der Waals surface area contributed by atoms with Gasteiger partial charge in [0.1, 0.15) is 6.04 Å². The van der Waals surface area contributed by atoms with Gasteiger partial charge in [-0.1, -0.05) is 78.9 Å². The highest BCUT2D eigenvalue weighted by molar-refractivity contribution is 6.08. The normalized spacial score (nSPS) is 12.3. The summed E-state index contributed by atoms with van der Waals surface area (Å²) in [5.74, 6) is -1.49. The summed E-state index contributed by atoms with van der Waals surface area (Å²) in [4.78, 5) is 24.2. The van der Waals surface area contributed by atoms with Crippen LogP contribution in [-0.4, -0.2) is 23.0 Å². The van der Waals surface area contributed by atoms with E-state index in [1.54, 1.807) is 6.08 Å². The van der Waals surface area contributed by atoms with Crippen molar-refractivity contribution in [2.24, 2.45) is 0 Å². The predicted octanol–water partition coefficient (Wildman–Crippen LogP) is 4.82. The van der Waals surface area contributed by atoms with Crippen LogP contribution in [0.1, 0.15) is 11.1 Å². The monoisotopic (exact) mass is 395 g/mol. The number of aliphatic carboxylic acids is 1. The summed E-state index contributed by atoms with van der Waals surface area (Å²) in [7, 11) is 0. The molecule has 4 heteroatoms. The molecular formula is C26H21NO3. The van der Waals surface area contributed by atoms with Crippen molar-refractivity contribution < 1.29 is 14.7 Å². The Morgan fingerprint density at radius 3 is 2.00 bits per heavy atom. The molecule has 4 aromatic rings. The first-order valence-electron chi connectivity index (χ1n) is 9.77. The number of carboxylic acid groups (broad SMARTS) is 1. The van der Waals surface area contributed by atoms with Gasteiger partial charge in [-0.3, -0.25) is 4.79 Å². The molecule has 1 unspecified atom stereocenters. The van der Waals surface area contributed by atoms with Crippen LogP contribution in [0.15, 0.2) is 91.0 Å². The molecule has 0 spiro atoms. The van der Waals surface area contributed by atoms with Gasteiger partial charge in [0.2, 0.25) is 5.91 Å². The maximum Gasteiger partial charge on any atom is 0.326 e. The second-order valence-corrected chi connectivity index (χ2v) is 7.15. The molecule has 2 N–H and O–H groups in total. The van der Waals surface area contributed by atoms with Gasteiger partial charge in [-0.15, -0.1) is 0 Å². The van der Waals surface area contributed by atoms with Gasteiger partial charge in [0, 0.05) is 12.5 Å². The van der Waals surface area contributed by atoms with E-state index in [9.17, 15) is 14.7 Å². The molecule has 148 valence electrons. The van der Waals surface area contributed by atoms with Crippen LogP contribution in [0.25, 0.3) is 27.6 Å². The third kappa shape index (κ3) is 4.23. The highest BCUT2D eigenvalue weighted by Crippen LogP contribution is 2.29. The summed E-state index contributed by atoms with van der Waals surface area (Å²) in [6, 6.07) is 26.4. The van der Waals surface area contributed by atoms with Gasteiger partial charge >= 0.3 is 5.97 Å². The zero-order valence-corrected chi connectivity index (χ0v) is 16.3. The first-order chi connectivity index (χ1) is 14.6. The number of amides is 1. The van der Waals surface area contributed by atoms with Crippen LogP contribution in [0.2, 0.25) is 0 Å². The lowest BCUT2D eigenvalue weighted by Crippen LogP contribution is -2.41. The Hall–Kier alpha value is -3.92. The second kappa shape index (κ2) is 8.62. The molecule has 30 heavy (non-hydrogen) atoms. The van der Waals surface area contributed by atoms with E-state index in [2.05, 4.69) is 11.4 Å². The van der Waals surface area contributed by atoms with Gasteiger partial charge < -0.3 is 10.4 Å². The van der Waals surface area contributed by atoms with E-state index >= 15 is 0 Å². The van der Waals surface area contributed by atoms with Crippen LogP contribution in [0.3, 0.4) is 0 Å². The Morgan fingerprint density at radius 2 is 1.40 bits per heavy atom. The molecule has 0 aliphatic carbocycles. The standard InChI is InChI=1S/C26H21NO3/c28-25(27-24(26(29)30)16-18-8-2-1-3-9-18)15-14-23-21-12-6-4-10-19(21)17-20-11-5-7-13-22(20)23/h1-15,17,24H,16H2,(H,27,28)(H,29,30)/b15-14+. The van der Waals surface area contributed by atoms with Gasteiger partial charge in [0.15, 0.2) is 0 Å². The highest BCUT2D eigenvalue weighted by Gasteiger charge is 2.19. The Balaban J connectivity index is 1.61. The van der Waals surface area contributed by atoms with Crippen LogP contribution < -0.4 is 5.32 Å². The Morgan fingerprint density at radius 1 is 0.833 bits per heavy atom. The topological polar surface area (TPSA) is 66.4 Å². The molecule has 4 nitrogen and oxygen atoms in total. The minimum absolute atomic E-state index is 0.229. The number of hydrogen-bond donors (Lipinski definition) is 2. The average Bonchev–Trinajstić information content (AvgIpc) is 2.77. The fourth-order valence-electron chi connectivity index (χ4n) is 3.66. The predicted molar refractivity (Wildman–Crippen MR) is 120 cm³/mol. The van der Waals surface area contributed by atoms with Gasteiger partial charge in [-0.05, 0) is 44.8 Å². The quantitative estimate of drug-likeness (QED) is 0.363. The number of nitrogens with one attached hydrogen (secondary N) is 1. The summed E-state index contributed by atoms with van der Waals surface area (Å²) in [6.07, 6.45) is 3.41. The Kier molecular flexibility index (Phi) is 5.57. The minimum Gasteiger partial charge on any atom is -0.480 e. The van der Waals surface area contributed by atoms with Gasteiger partial charge in [0.05, 0.1) is 0 Å². The van der Waals surface area contributed by atoms with E-state index in [4.69, 9.17) is 0 Å².